The number of anilines is 1. The Morgan fingerprint density at radius 2 is 1.79 bits per heavy atom. The topological polar surface area (TPSA) is 119 Å². The third-order valence-corrected chi connectivity index (χ3v) is 6.71. The maximum absolute atomic E-state index is 12.5. The van der Waals surface area contributed by atoms with E-state index in [1.807, 2.05) is 27.7 Å². The molecule has 0 fully saturated rings. The highest BCUT2D eigenvalue weighted by Gasteiger charge is 2.24. The molecule has 9 nitrogen and oxygen atoms in total. The number of nitrogens with zero attached hydrogens (tertiary/aromatic N) is 2. The monoisotopic (exact) mass is 477 g/mol. The van der Waals surface area contributed by atoms with Crippen LogP contribution in [0.4, 0.5) is 11.4 Å². The van der Waals surface area contributed by atoms with Crippen molar-refractivity contribution in [3.05, 3.63) is 62.7 Å². The first kappa shape index (κ1) is 26.1. The SMILES string of the molecule is COc1ccc([N+](=O)[O-])cc1N(CCCC(=O)NC(C)c1cc(C)c(C)cc1C)S(C)(=O)=O. The summed E-state index contributed by atoms with van der Waals surface area (Å²) in [5.41, 5.74) is 4.26. The summed E-state index contributed by atoms with van der Waals surface area (Å²) in [5.74, 6) is -0.0195. The number of benzene rings is 2. The van der Waals surface area contributed by atoms with Gasteiger partial charge in [0.25, 0.3) is 5.69 Å². The van der Waals surface area contributed by atoms with Gasteiger partial charge in [0.1, 0.15) is 11.4 Å². The van der Waals surface area contributed by atoms with E-state index in [4.69, 9.17) is 4.74 Å². The number of carbonyl (C=O) groups is 1. The number of nitro groups is 1. The molecule has 1 atom stereocenters. The van der Waals surface area contributed by atoms with Crippen molar-refractivity contribution in [2.45, 2.75) is 46.6 Å². The van der Waals surface area contributed by atoms with Crippen molar-refractivity contribution in [2.75, 3.05) is 24.2 Å². The van der Waals surface area contributed by atoms with Gasteiger partial charge in [-0.2, -0.15) is 0 Å². The molecule has 1 N–H and O–H groups in total. The molecule has 2 aromatic carbocycles. The quantitative estimate of drug-likeness (QED) is 0.409. The van der Waals surface area contributed by atoms with Crippen molar-refractivity contribution in [2.24, 2.45) is 0 Å². The zero-order chi connectivity index (χ0) is 24.9. The van der Waals surface area contributed by atoms with E-state index in [-0.39, 0.29) is 48.5 Å². The standard InChI is InChI=1S/C23H31N3O6S/c1-15-12-17(3)20(13-16(15)2)18(4)24-23(27)8-7-11-25(33(6,30)31)21-14-19(26(28)29)9-10-22(21)32-5/h9-10,12-14,18H,7-8,11H2,1-6H3,(H,24,27). The van der Waals surface area contributed by atoms with Gasteiger partial charge < -0.3 is 10.1 Å². The molecule has 0 radical (unpaired) electrons. The molecule has 2 rings (SSSR count). The Bertz CT molecular complexity index is 1150. The Morgan fingerprint density at radius 3 is 2.36 bits per heavy atom. The van der Waals surface area contributed by atoms with Crippen LogP contribution in [0, 0.1) is 30.9 Å². The fraction of sp³-hybridized carbons (Fsp3) is 0.435. The van der Waals surface area contributed by atoms with Crippen LogP contribution in [0.1, 0.15) is 48.1 Å². The van der Waals surface area contributed by atoms with Crippen LogP contribution in [0.3, 0.4) is 0 Å². The lowest BCUT2D eigenvalue weighted by molar-refractivity contribution is -0.384. The van der Waals surface area contributed by atoms with Gasteiger partial charge in [-0.15, -0.1) is 0 Å². The minimum atomic E-state index is -3.77. The van der Waals surface area contributed by atoms with E-state index in [1.54, 1.807) is 0 Å². The van der Waals surface area contributed by atoms with Crippen molar-refractivity contribution >= 4 is 27.3 Å². The van der Waals surface area contributed by atoms with E-state index in [0.717, 1.165) is 33.3 Å². The van der Waals surface area contributed by atoms with Gasteiger partial charge in [-0.3, -0.25) is 19.2 Å². The predicted molar refractivity (Wildman–Crippen MR) is 128 cm³/mol. The van der Waals surface area contributed by atoms with Gasteiger partial charge in [0, 0.05) is 25.1 Å². The molecule has 2 aromatic rings. The van der Waals surface area contributed by atoms with Crippen LogP contribution in [-0.4, -0.2) is 39.2 Å². The van der Waals surface area contributed by atoms with Crippen molar-refractivity contribution in [3.63, 3.8) is 0 Å². The molecule has 33 heavy (non-hydrogen) atoms. The molecule has 1 unspecified atom stereocenters. The third kappa shape index (κ3) is 6.67. The Morgan fingerprint density at radius 1 is 1.15 bits per heavy atom. The maximum atomic E-state index is 12.5. The molecule has 0 aromatic heterocycles. The summed E-state index contributed by atoms with van der Waals surface area (Å²) in [4.78, 5) is 23.1. The molecule has 0 aliphatic rings. The zero-order valence-corrected chi connectivity index (χ0v) is 20.7. The molecular weight excluding hydrogens is 446 g/mol. The number of carbonyl (C=O) groups excluding carboxylic acids is 1. The Kier molecular flexibility index (Phi) is 8.43. The molecule has 10 heteroatoms. The largest absolute Gasteiger partial charge is 0.495 e. The number of methoxy groups -OCH3 is 1. The number of amides is 1. The van der Waals surface area contributed by atoms with Crippen LogP contribution in [0.2, 0.25) is 0 Å². The highest BCUT2D eigenvalue weighted by atomic mass is 32.2. The van der Waals surface area contributed by atoms with E-state index < -0.39 is 14.9 Å². The first-order chi connectivity index (χ1) is 15.3. The molecule has 0 bridgehead atoms. The lowest BCUT2D eigenvalue weighted by Crippen LogP contribution is -2.33. The van der Waals surface area contributed by atoms with Crippen molar-refractivity contribution in [1.29, 1.82) is 0 Å². The number of non-ortho nitro benzene ring substituents is 1. The molecule has 1 amide bonds. The van der Waals surface area contributed by atoms with Crippen LogP contribution >= 0.6 is 0 Å². The average Bonchev–Trinajstić information content (AvgIpc) is 2.72. The molecule has 0 spiro atoms. The van der Waals surface area contributed by atoms with Crippen LogP contribution in [-0.2, 0) is 14.8 Å². The molecule has 0 saturated heterocycles. The number of hydrogen-bond donors (Lipinski definition) is 1. The van der Waals surface area contributed by atoms with Gasteiger partial charge in [0.2, 0.25) is 15.9 Å². The van der Waals surface area contributed by atoms with Gasteiger partial charge >= 0.3 is 0 Å². The minimum absolute atomic E-state index is 0.0270. The molecule has 0 saturated carbocycles. The van der Waals surface area contributed by atoms with Crippen molar-refractivity contribution in [1.82, 2.24) is 5.32 Å². The van der Waals surface area contributed by atoms with Gasteiger partial charge in [-0.05, 0) is 62.4 Å². The second kappa shape index (κ2) is 10.7. The normalized spacial score (nSPS) is 12.2. The van der Waals surface area contributed by atoms with Crippen LogP contribution in [0.15, 0.2) is 30.3 Å². The summed E-state index contributed by atoms with van der Waals surface area (Å²) in [5, 5.41) is 14.1. The van der Waals surface area contributed by atoms with E-state index >= 15 is 0 Å². The molecular formula is C23H31N3O6S. The Hall–Kier alpha value is -3.14. The van der Waals surface area contributed by atoms with Gasteiger partial charge in [0.15, 0.2) is 0 Å². The lowest BCUT2D eigenvalue weighted by Gasteiger charge is -2.24. The number of nitrogens with one attached hydrogen (secondary N) is 1. The van der Waals surface area contributed by atoms with Gasteiger partial charge in [-0.1, -0.05) is 12.1 Å². The Balaban J connectivity index is 2.12. The van der Waals surface area contributed by atoms with E-state index in [0.29, 0.717) is 0 Å². The second-order valence-electron chi connectivity index (χ2n) is 8.13. The van der Waals surface area contributed by atoms with Gasteiger partial charge in [-0.25, -0.2) is 8.42 Å². The summed E-state index contributed by atoms with van der Waals surface area (Å²) in [6.45, 7) is 7.95. The summed E-state index contributed by atoms with van der Waals surface area (Å²) in [6.07, 6.45) is 1.33. The second-order valence-corrected chi connectivity index (χ2v) is 10.0. The van der Waals surface area contributed by atoms with E-state index in [1.165, 1.54) is 24.8 Å². The smallest absolute Gasteiger partial charge is 0.271 e. The predicted octanol–water partition coefficient (Wildman–Crippen LogP) is 3.95. The van der Waals surface area contributed by atoms with Gasteiger partial charge in [0.05, 0.1) is 24.3 Å². The highest BCUT2D eigenvalue weighted by Crippen LogP contribution is 2.34. The van der Waals surface area contributed by atoms with Crippen LogP contribution < -0.4 is 14.4 Å². The zero-order valence-electron chi connectivity index (χ0n) is 19.8. The highest BCUT2D eigenvalue weighted by molar-refractivity contribution is 7.92. The summed E-state index contributed by atoms with van der Waals surface area (Å²) >= 11 is 0. The Labute approximate surface area is 195 Å². The average molecular weight is 478 g/mol. The number of sulfonamides is 1. The maximum Gasteiger partial charge on any atom is 0.271 e. The fourth-order valence-electron chi connectivity index (χ4n) is 3.68. The molecule has 0 aliphatic heterocycles. The van der Waals surface area contributed by atoms with Crippen LogP contribution in [0.5, 0.6) is 5.75 Å². The third-order valence-electron chi connectivity index (χ3n) is 5.53. The summed E-state index contributed by atoms with van der Waals surface area (Å²) in [6, 6.07) is 7.71. The first-order valence-electron chi connectivity index (χ1n) is 10.5. The molecule has 0 aliphatic carbocycles. The van der Waals surface area contributed by atoms with E-state index in [9.17, 15) is 23.3 Å². The molecule has 0 heterocycles. The van der Waals surface area contributed by atoms with Crippen LogP contribution in [0.25, 0.3) is 0 Å². The first-order valence-corrected chi connectivity index (χ1v) is 12.4. The number of nitro benzene ring substituents is 1. The van der Waals surface area contributed by atoms with E-state index in [2.05, 4.69) is 17.4 Å². The summed E-state index contributed by atoms with van der Waals surface area (Å²) in [7, 11) is -2.42. The molecule has 180 valence electrons. The number of rotatable bonds is 10. The number of ether oxygens (including phenoxy) is 1. The van der Waals surface area contributed by atoms with Crippen molar-refractivity contribution < 1.29 is 22.9 Å². The number of aryl methyl sites for hydroxylation is 3. The minimum Gasteiger partial charge on any atom is -0.495 e. The van der Waals surface area contributed by atoms with Crippen molar-refractivity contribution in [3.8, 4) is 5.75 Å². The fourth-order valence-corrected chi connectivity index (χ4v) is 4.64. The number of hydrogen-bond acceptors (Lipinski definition) is 6. The lowest BCUT2D eigenvalue weighted by atomic mass is 9.96. The summed E-state index contributed by atoms with van der Waals surface area (Å²) < 4.78 is 31.1.